The zero-order valence-corrected chi connectivity index (χ0v) is 25.9. The van der Waals surface area contributed by atoms with Crippen molar-refractivity contribution in [2.45, 2.75) is 206 Å². The summed E-state index contributed by atoms with van der Waals surface area (Å²) >= 11 is 0. The second kappa shape index (κ2) is 35.9. The van der Waals surface area contributed by atoms with E-state index >= 15 is 0 Å². The van der Waals surface area contributed by atoms with Crippen molar-refractivity contribution in [3.63, 3.8) is 0 Å². The molecule has 1 N–H and O–H groups in total. The first-order chi connectivity index (χ1) is 18.4. The molecular formula is C35H72O2. The fourth-order valence-corrected chi connectivity index (χ4v) is 5.57. The van der Waals surface area contributed by atoms with Gasteiger partial charge < -0.3 is 9.84 Å². The molecule has 37 heavy (non-hydrogen) atoms. The van der Waals surface area contributed by atoms with Gasteiger partial charge in [-0.1, -0.05) is 200 Å². The van der Waals surface area contributed by atoms with Crippen molar-refractivity contribution in [1.82, 2.24) is 0 Å². The summed E-state index contributed by atoms with van der Waals surface area (Å²) in [6.45, 7) is 3.78. The zero-order valence-electron chi connectivity index (χ0n) is 25.9. The zero-order chi connectivity index (χ0) is 26.7. The summed E-state index contributed by atoms with van der Waals surface area (Å²) in [6.07, 6.45) is 44.8. The predicted octanol–water partition coefficient (Wildman–Crippen LogP) is 12.1. The van der Waals surface area contributed by atoms with Crippen LogP contribution in [0.15, 0.2) is 0 Å². The van der Waals surface area contributed by atoms with Crippen LogP contribution in [-0.4, -0.2) is 24.9 Å². The molecule has 0 amide bonds. The summed E-state index contributed by atoms with van der Waals surface area (Å²) < 4.78 is 5.30. The van der Waals surface area contributed by atoms with Gasteiger partial charge in [-0.2, -0.15) is 0 Å². The monoisotopic (exact) mass is 525 g/mol. The highest BCUT2D eigenvalue weighted by Crippen LogP contribution is 2.16. The third kappa shape index (κ3) is 35.9. The second-order valence-electron chi connectivity index (χ2n) is 11.9. The molecule has 2 nitrogen and oxygen atoms in total. The maximum absolute atomic E-state index is 8.66. The molecule has 0 atom stereocenters. The van der Waals surface area contributed by atoms with E-state index in [0.717, 1.165) is 13.0 Å². The van der Waals surface area contributed by atoms with Gasteiger partial charge in [0.25, 0.3) is 0 Å². The van der Waals surface area contributed by atoms with Crippen molar-refractivity contribution in [3.05, 3.63) is 0 Å². The van der Waals surface area contributed by atoms with E-state index in [1.54, 1.807) is 0 Å². The van der Waals surface area contributed by atoms with Crippen LogP contribution in [0, 0.1) is 0 Å². The summed E-state index contributed by atoms with van der Waals surface area (Å²) in [5.41, 5.74) is 0. The lowest BCUT2D eigenvalue weighted by Gasteiger charge is -2.05. The summed E-state index contributed by atoms with van der Waals surface area (Å²) in [5, 5.41) is 8.66. The lowest BCUT2D eigenvalue weighted by Crippen LogP contribution is -2.00. The van der Waals surface area contributed by atoms with Crippen molar-refractivity contribution in [2.24, 2.45) is 0 Å². The molecule has 0 aliphatic carbocycles. The highest BCUT2D eigenvalue weighted by atomic mass is 16.5. The number of rotatable bonds is 34. The molecule has 0 bridgehead atoms. The summed E-state index contributed by atoms with van der Waals surface area (Å²) in [7, 11) is 0. The minimum atomic E-state index is 0.152. The van der Waals surface area contributed by atoms with E-state index in [1.165, 1.54) is 193 Å². The van der Waals surface area contributed by atoms with Crippen LogP contribution in [0.1, 0.15) is 206 Å². The first-order valence-corrected chi connectivity index (χ1v) is 17.6. The standard InChI is InChI=1S/C35H72O2/c1-2-3-4-5-6-7-8-9-10-11-12-13-14-15-16-17-18-19-20-21-22-23-24-25-26-27-28-29-30-31-32-34-37-35-33-36/h36H,2-35H2,1H3. The Kier molecular flexibility index (Phi) is 35.8. The first-order valence-electron chi connectivity index (χ1n) is 17.6. The van der Waals surface area contributed by atoms with Crippen molar-refractivity contribution in [2.75, 3.05) is 19.8 Å². The van der Waals surface area contributed by atoms with Crippen LogP contribution in [0.25, 0.3) is 0 Å². The van der Waals surface area contributed by atoms with Crippen LogP contribution in [0.2, 0.25) is 0 Å². The topological polar surface area (TPSA) is 29.5 Å². The minimum absolute atomic E-state index is 0.152. The maximum Gasteiger partial charge on any atom is 0.0697 e. The van der Waals surface area contributed by atoms with Crippen LogP contribution in [-0.2, 0) is 4.74 Å². The number of hydrogen-bond donors (Lipinski definition) is 1. The van der Waals surface area contributed by atoms with Crippen molar-refractivity contribution >= 4 is 0 Å². The number of aliphatic hydroxyl groups excluding tert-OH is 1. The van der Waals surface area contributed by atoms with Gasteiger partial charge in [-0.05, 0) is 6.42 Å². The maximum atomic E-state index is 8.66. The molecule has 0 aromatic rings. The van der Waals surface area contributed by atoms with E-state index in [4.69, 9.17) is 9.84 Å². The number of aliphatic hydroxyl groups is 1. The van der Waals surface area contributed by atoms with Crippen LogP contribution in [0.3, 0.4) is 0 Å². The SMILES string of the molecule is CCCCCCCCCCCCCCCCCCCCCCCCCCCCCCCCCOCCO. The Morgan fingerprint density at radius 3 is 0.730 bits per heavy atom. The third-order valence-corrected chi connectivity index (χ3v) is 8.13. The molecule has 0 rings (SSSR count). The quantitative estimate of drug-likeness (QED) is 0.0848. The average molecular weight is 525 g/mol. The molecule has 0 fully saturated rings. The Morgan fingerprint density at radius 2 is 0.514 bits per heavy atom. The molecule has 0 radical (unpaired) electrons. The van der Waals surface area contributed by atoms with E-state index in [-0.39, 0.29) is 6.61 Å². The predicted molar refractivity (Wildman–Crippen MR) is 167 cm³/mol. The summed E-state index contributed by atoms with van der Waals surface area (Å²) in [4.78, 5) is 0. The Morgan fingerprint density at radius 1 is 0.297 bits per heavy atom. The third-order valence-electron chi connectivity index (χ3n) is 8.13. The Bertz CT molecular complexity index is 336. The molecule has 0 aliphatic rings. The Balaban J connectivity index is 3.00. The Labute approximate surface area is 235 Å². The van der Waals surface area contributed by atoms with E-state index in [0.29, 0.717) is 6.61 Å². The van der Waals surface area contributed by atoms with E-state index < -0.39 is 0 Å². The summed E-state index contributed by atoms with van der Waals surface area (Å²) in [5.74, 6) is 0. The van der Waals surface area contributed by atoms with Gasteiger partial charge in [0.15, 0.2) is 0 Å². The number of ether oxygens (including phenoxy) is 1. The number of unbranched alkanes of at least 4 members (excludes halogenated alkanes) is 30. The smallest absolute Gasteiger partial charge is 0.0697 e. The lowest BCUT2D eigenvalue weighted by molar-refractivity contribution is 0.0895. The van der Waals surface area contributed by atoms with Crippen LogP contribution in [0.4, 0.5) is 0 Å². The van der Waals surface area contributed by atoms with Gasteiger partial charge in [-0.15, -0.1) is 0 Å². The van der Waals surface area contributed by atoms with Gasteiger partial charge in [0.2, 0.25) is 0 Å². The van der Waals surface area contributed by atoms with Gasteiger partial charge >= 0.3 is 0 Å². The largest absolute Gasteiger partial charge is 0.394 e. The second-order valence-corrected chi connectivity index (χ2v) is 11.9. The van der Waals surface area contributed by atoms with Gasteiger partial charge in [0.05, 0.1) is 13.2 Å². The van der Waals surface area contributed by atoms with E-state index in [1.807, 2.05) is 0 Å². The van der Waals surface area contributed by atoms with Gasteiger partial charge in [-0.25, -0.2) is 0 Å². The molecule has 0 saturated heterocycles. The number of hydrogen-bond acceptors (Lipinski definition) is 2. The molecule has 0 unspecified atom stereocenters. The fraction of sp³-hybridized carbons (Fsp3) is 1.00. The van der Waals surface area contributed by atoms with Crippen molar-refractivity contribution in [3.8, 4) is 0 Å². The van der Waals surface area contributed by atoms with Crippen molar-refractivity contribution < 1.29 is 9.84 Å². The molecule has 0 saturated carbocycles. The normalized spacial score (nSPS) is 11.5. The molecule has 2 heteroatoms. The average Bonchev–Trinajstić information content (AvgIpc) is 2.91. The van der Waals surface area contributed by atoms with Gasteiger partial charge in [0.1, 0.15) is 0 Å². The van der Waals surface area contributed by atoms with Crippen LogP contribution in [0.5, 0.6) is 0 Å². The Hall–Kier alpha value is -0.0800. The van der Waals surface area contributed by atoms with Crippen LogP contribution < -0.4 is 0 Å². The van der Waals surface area contributed by atoms with Crippen LogP contribution >= 0.6 is 0 Å². The lowest BCUT2D eigenvalue weighted by atomic mass is 10.0. The highest BCUT2D eigenvalue weighted by Gasteiger charge is 1.97. The molecule has 0 aliphatic heterocycles. The van der Waals surface area contributed by atoms with E-state index in [2.05, 4.69) is 6.92 Å². The molecule has 0 aromatic carbocycles. The minimum Gasteiger partial charge on any atom is -0.394 e. The van der Waals surface area contributed by atoms with Gasteiger partial charge in [0, 0.05) is 6.61 Å². The first kappa shape index (κ1) is 36.9. The molecule has 0 spiro atoms. The van der Waals surface area contributed by atoms with Crippen molar-refractivity contribution in [1.29, 1.82) is 0 Å². The molecule has 0 aromatic heterocycles. The molecule has 224 valence electrons. The molecular weight excluding hydrogens is 452 g/mol. The molecule has 0 heterocycles. The summed E-state index contributed by atoms with van der Waals surface area (Å²) in [6, 6.07) is 0. The van der Waals surface area contributed by atoms with Gasteiger partial charge in [-0.3, -0.25) is 0 Å². The highest BCUT2D eigenvalue weighted by molar-refractivity contribution is 4.52. The van der Waals surface area contributed by atoms with E-state index in [9.17, 15) is 0 Å². The fourth-order valence-electron chi connectivity index (χ4n) is 5.57.